The summed E-state index contributed by atoms with van der Waals surface area (Å²) >= 11 is 5.00. The first kappa shape index (κ1) is 21.7. The van der Waals surface area contributed by atoms with E-state index < -0.39 is 0 Å². The molecule has 1 aromatic carbocycles. The Morgan fingerprint density at radius 1 is 0.862 bits per heavy atom. The predicted octanol–water partition coefficient (Wildman–Crippen LogP) is 6.32. The van der Waals surface area contributed by atoms with Crippen molar-refractivity contribution < 1.29 is 0 Å². The minimum Gasteiger partial charge on any atom is -0.243 e. The normalized spacial score (nSPS) is 12.6. The van der Waals surface area contributed by atoms with E-state index in [1.54, 1.807) is 0 Å². The second kappa shape index (κ2) is 8.02. The molecule has 0 amide bonds. The van der Waals surface area contributed by atoms with Gasteiger partial charge in [-0.2, -0.15) is 10.2 Å². The Balaban J connectivity index is 2.24. The molecule has 5 heteroatoms. The summed E-state index contributed by atoms with van der Waals surface area (Å²) in [5.74, 6) is 0.748. The van der Waals surface area contributed by atoms with E-state index in [4.69, 9.17) is 22.8 Å². The van der Waals surface area contributed by atoms with Crippen LogP contribution < -0.4 is 0 Å². The average molecular weight is 411 g/mol. The van der Waals surface area contributed by atoms with Crippen LogP contribution in [0.25, 0.3) is 0 Å². The zero-order valence-electron chi connectivity index (χ0n) is 18.9. The van der Waals surface area contributed by atoms with E-state index in [1.165, 1.54) is 11.1 Å². The Hall–Kier alpha value is -2.01. The van der Waals surface area contributed by atoms with Crippen LogP contribution in [0.4, 0.5) is 0 Å². The van der Waals surface area contributed by atoms with Gasteiger partial charge in [-0.1, -0.05) is 66.2 Å². The zero-order valence-corrected chi connectivity index (χ0v) is 19.8. The molecule has 0 spiro atoms. The second-order valence-corrected chi connectivity index (χ2v) is 10.1. The summed E-state index contributed by atoms with van der Waals surface area (Å²) in [5, 5.41) is 9.80. The number of nitrogens with zero attached hydrogens (tertiary/aromatic N) is 4. The van der Waals surface area contributed by atoms with Gasteiger partial charge in [-0.25, -0.2) is 9.36 Å². The smallest absolute Gasteiger partial charge is 0.169 e. The summed E-state index contributed by atoms with van der Waals surface area (Å²) in [6.45, 7) is 17.5. The molecule has 0 N–H and O–H groups in total. The number of aryl methyl sites for hydroxylation is 1. The Morgan fingerprint density at radius 2 is 1.34 bits per heavy atom. The second-order valence-electron chi connectivity index (χ2n) is 9.62. The van der Waals surface area contributed by atoms with E-state index in [9.17, 15) is 0 Å². The lowest BCUT2D eigenvalue weighted by Gasteiger charge is -2.27. The molecule has 2 aromatic heterocycles. The van der Waals surface area contributed by atoms with Crippen molar-refractivity contribution in [2.75, 3.05) is 0 Å². The van der Waals surface area contributed by atoms with E-state index >= 15 is 0 Å². The lowest BCUT2D eigenvalue weighted by Crippen LogP contribution is -2.23. The summed E-state index contributed by atoms with van der Waals surface area (Å²) in [6, 6.07) is 8.66. The van der Waals surface area contributed by atoms with Gasteiger partial charge in [0.15, 0.2) is 6.17 Å². The van der Waals surface area contributed by atoms with Crippen LogP contribution >= 0.6 is 12.6 Å². The topological polar surface area (TPSA) is 35.6 Å². The summed E-state index contributed by atoms with van der Waals surface area (Å²) in [6.07, 6.45) is 3.94. The molecular weight excluding hydrogens is 376 g/mol. The highest BCUT2D eigenvalue weighted by Gasteiger charge is 2.26. The molecule has 0 atom stereocenters. The molecule has 0 aliphatic carbocycles. The SMILES string of the molecule is Cc1cc(C(n2ccc(C(C)C)n2)n2ccc(C(C)C)n2)c(S)c(C(C)(C)C)c1. The van der Waals surface area contributed by atoms with E-state index in [0.29, 0.717) is 11.8 Å². The molecule has 4 nitrogen and oxygen atoms in total. The van der Waals surface area contributed by atoms with Crippen molar-refractivity contribution in [1.29, 1.82) is 0 Å². The van der Waals surface area contributed by atoms with Gasteiger partial charge in [0.2, 0.25) is 0 Å². The molecule has 156 valence electrons. The summed E-state index contributed by atoms with van der Waals surface area (Å²) < 4.78 is 4.04. The molecule has 0 aliphatic rings. The number of rotatable bonds is 5. The van der Waals surface area contributed by atoms with Crippen molar-refractivity contribution in [3.05, 3.63) is 64.7 Å². The van der Waals surface area contributed by atoms with Crippen LogP contribution in [0.15, 0.2) is 41.6 Å². The van der Waals surface area contributed by atoms with Crippen molar-refractivity contribution in [2.45, 2.75) is 83.7 Å². The van der Waals surface area contributed by atoms with Crippen LogP contribution in [0.2, 0.25) is 0 Å². The summed E-state index contributed by atoms with van der Waals surface area (Å²) in [5.41, 5.74) is 5.75. The van der Waals surface area contributed by atoms with Crippen LogP contribution in [0.1, 0.15) is 94.5 Å². The first-order valence-corrected chi connectivity index (χ1v) is 10.9. The largest absolute Gasteiger partial charge is 0.243 e. The minimum atomic E-state index is -0.177. The van der Waals surface area contributed by atoms with Crippen molar-refractivity contribution in [3.63, 3.8) is 0 Å². The number of benzene rings is 1. The molecule has 2 heterocycles. The third-order valence-corrected chi connectivity index (χ3v) is 5.81. The van der Waals surface area contributed by atoms with Crippen LogP contribution in [-0.2, 0) is 5.41 Å². The van der Waals surface area contributed by atoms with Gasteiger partial charge in [0.05, 0.1) is 11.4 Å². The molecule has 0 saturated heterocycles. The standard InChI is InChI=1S/C24H34N4S/c1-15(2)20-9-11-27(25-20)23(28-12-10-21(26-28)16(3)4)18-13-17(5)14-19(22(18)29)24(6,7)8/h9-16,23,29H,1-8H3. The van der Waals surface area contributed by atoms with Crippen LogP contribution in [0.3, 0.4) is 0 Å². The van der Waals surface area contributed by atoms with E-state index in [2.05, 4.69) is 92.0 Å². The first-order chi connectivity index (χ1) is 13.5. The Labute approximate surface area is 180 Å². The van der Waals surface area contributed by atoms with Crippen LogP contribution in [0.5, 0.6) is 0 Å². The fourth-order valence-corrected chi connectivity index (χ4v) is 4.16. The highest BCUT2D eigenvalue weighted by atomic mass is 32.1. The van der Waals surface area contributed by atoms with E-state index in [0.717, 1.165) is 21.8 Å². The molecule has 3 aromatic rings. The van der Waals surface area contributed by atoms with Crippen molar-refractivity contribution >= 4 is 12.6 Å². The molecule has 0 aliphatic heterocycles. The monoisotopic (exact) mass is 410 g/mol. The van der Waals surface area contributed by atoms with Crippen molar-refractivity contribution in [3.8, 4) is 0 Å². The fraction of sp³-hybridized carbons (Fsp3) is 0.500. The maximum atomic E-state index is 5.00. The van der Waals surface area contributed by atoms with Gasteiger partial charge in [0, 0.05) is 22.9 Å². The molecule has 0 fully saturated rings. The molecular formula is C24H34N4S. The molecule has 3 rings (SSSR count). The lowest BCUT2D eigenvalue weighted by molar-refractivity contribution is 0.404. The minimum absolute atomic E-state index is 0.00280. The van der Waals surface area contributed by atoms with Crippen LogP contribution in [0, 0.1) is 6.92 Å². The quantitative estimate of drug-likeness (QED) is 0.500. The van der Waals surface area contributed by atoms with Gasteiger partial charge in [-0.3, -0.25) is 0 Å². The molecule has 0 unspecified atom stereocenters. The number of hydrogen-bond acceptors (Lipinski definition) is 3. The lowest BCUT2D eigenvalue weighted by atomic mass is 9.84. The molecule has 0 saturated carbocycles. The number of aromatic nitrogens is 4. The third-order valence-electron chi connectivity index (χ3n) is 5.31. The van der Waals surface area contributed by atoms with Gasteiger partial charge >= 0.3 is 0 Å². The third kappa shape index (κ3) is 4.45. The predicted molar refractivity (Wildman–Crippen MR) is 123 cm³/mol. The van der Waals surface area contributed by atoms with Crippen molar-refractivity contribution in [2.24, 2.45) is 0 Å². The highest BCUT2D eigenvalue weighted by Crippen LogP contribution is 2.36. The van der Waals surface area contributed by atoms with Gasteiger partial charge in [0.25, 0.3) is 0 Å². The highest BCUT2D eigenvalue weighted by molar-refractivity contribution is 7.80. The van der Waals surface area contributed by atoms with Gasteiger partial charge in [0.1, 0.15) is 0 Å². The maximum absolute atomic E-state index is 5.00. The van der Waals surface area contributed by atoms with Gasteiger partial charge < -0.3 is 0 Å². The molecule has 0 bridgehead atoms. The summed E-state index contributed by atoms with van der Waals surface area (Å²) in [4.78, 5) is 1.01. The summed E-state index contributed by atoms with van der Waals surface area (Å²) in [7, 11) is 0. The molecule has 29 heavy (non-hydrogen) atoms. The van der Waals surface area contributed by atoms with Crippen molar-refractivity contribution in [1.82, 2.24) is 19.6 Å². The number of thiol groups is 1. The fourth-order valence-electron chi connectivity index (χ4n) is 3.58. The maximum Gasteiger partial charge on any atom is 0.169 e. The van der Waals surface area contributed by atoms with Crippen LogP contribution in [-0.4, -0.2) is 19.6 Å². The number of hydrogen-bond donors (Lipinski definition) is 1. The Kier molecular flexibility index (Phi) is 6.00. The Bertz CT molecular complexity index is 942. The molecule has 0 radical (unpaired) electrons. The van der Waals surface area contributed by atoms with Gasteiger partial charge in [-0.15, -0.1) is 12.6 Å². The van der Waals surface area contributed by atoms with E-state index in [1.807, 2.05) is 9.36 Å². The Morgan fingerprint density at radius 3 is 1.72 bits per heavy atom. The van der Waals surface area contributed by atoms with Gasteiger partial charge in [-0.05, 0) is 41.9 Å². The zero-order chi connectivity index (χ0) is 21.5. The first-order valence-electron chi connectivity index (χ1n) is 10.4. The van der Waals surface area contributed by atoms with E-state index in [-0.39, 0.29) is 11.6 Å². The average Bonchev–Trinajstić information content (AvgIpc) is 3.27.